The monoisotopic (exact) mass is 273 g/mol. The minimum absolute atomic E-state index is 0.220. The van der Waals surface area contributed by atoms with Gasteiger partial charge in [-0.25, -0.2) is 8.78 Å². The summed E-state index contributed by atoms with van der Waals surface area (Å²) in [5, 5.41) is 0.220. The van der Waals surface area contributed by atoms with Crippen molar-refractivity contribution in [1.29, 1.82) is 0 Å². The molecule has 0 aliphatic heterocycles. The second-order valence-electron chi connectivity index (χ2n) is 5.13. The van der Waals surface area contributed by atoms with Gasteiger partial charge in [-0.1, -0.05) is 43.7 Å². The van der Waals surface area contributed by atoms with E-state index in [9.17, 15) is 8.78 Å². The van der Waals surface area contributed by atoms with Crippen LogP contribution < -0.4 is 5.73 Å². The second kappa shape index (κ2) is 5.98. The van der Waals surface area contributed by atoms with Crippen LogP contribution in [0.5, 0.6) is 0 Å². The van der Waals surface area contributed by atoms with Gasteiger partial charge in [-0.15, -0.1) is 0 Å². The lowest BCUT2D eigenvalue weighted by Gasteiger charge is -2.25. The van der Waals surface area contributed by atoms with E-state index in [0.717, 1.165) is 18.6 Å². The fraction of sp³-hybridized carbons (Fsp3) is 0.571. The van der Waals surface area contributed by atoms with E-state index in [-0.39, 0.29) is 11.1 Å². The van der Waals surface area contributed by atoms with Crippen LogP contribution in [0.2, 0.25) is 5.02 Å². The van der Waals surface area contributed by atoms with Gasteiger partial charge in [0.05, 0.1) is 0 Å². The highest BCUT2D eigenvalue weighted by Gasteiger charge is 2.20. The maximum absolute atomic E-state index is 13.2. The number of hydrogen-bond donors (Lipinski definition) is 1. The van der Waals surface area contributed by atoms with Crippen LogP contribution >= 0.6 is 11.6 Å². The van der Waals surface area contributed by atoms with Crippen molar-refractivity contribution in [2.24, 2.45) is 11.7 Å². The molecule has 0 saturated heterocycles. The lowest BCUT2D eigenvalue weighted by molar-refractivity contribution is 0.319. The average molecular weight is 274 g/mol. The fourth-order valence-electron chi connectivity index (χ4n) is 2.73. The maximum atomic E-state index is 13.2. The van der Waals surface area contributed by atoms with Crippen molar-refractivity contribution in [1.82, 2.24) is 0 Å². The minimum atomic E-state index is -0.923. The van der Waals surface area contributed by atoms with Crippen LogP contribution in [-0.2, 0) is 0 Å². The Morgan fingerprint density at radius 1 is 1.17 bits per heavy atom. The molecule has 1 atom stereocenters. The molecule has 0 bridgehead atoms. The molecule has 0 radical (unpaired) electrons. The SMILES string of the molecule is NC(CC1CCCCC1)c1cc(F)c(F)cc1Cl. The molecule has 1 aromatic rings. The summed E-state index contributed by atoms with van der Waals surface area (Å²) in [5.74, 6) is -1.22. The quantitative estimate of drug-likeness (QED) is 0.801. The van der Waals surface area contributed by atoms with E-state index in [2.05, 4.69) is 0 Å². The first-order valence-corrected chi connectivity index (χ1v) is 6.85. The summed E-state index contributed by atoms with van der Waals surface area (Å²) < 4.78 is 26.2. The zero-order chi connectivity index (χ0) is 13.1. The molecule has 1 saturated carbocycles. The Hall–Kier alpha value is -0.670. The molecular formula is C14H18ClF2N. The molecular weight excluding hydrogens is 256 g/mol. The summed E-state index contributed by atoms with van der Waals surface area (Å²) >= 11 is 5.93. The van der Waals surface area contributed by atoms with Crippen molar-refractivity contribution in [2.75, 3.05) is 0 Å². The minimum Gasteiger partial charge on any atom is -0.324 e. The van der Waals surface area contributed by atoms with Crippen molar-refractivity contribution in [3.63, 3.8) is 0 Å². The molecule has 0 aromatic heterocycles. The Balaban J connectivity index is 2.08. The standard InChI is InChI=1S/C14H18ClF2N/c15-11-8-13(17)12(16)7-10(11)14(18)6-9-4-2-1-3-5-9/h7-9,14H,1-6,18H2. The highest BCUT2D eigenvalue weighted by Crippen LogP contribution is 2.33. The molecule has 4 heteroatoms. The normalized spacial score (nSPS) is 18.9. The number of rotatable bonds is 3. The van der Waals surface area contributed by atoms with Gasteiger partial charge in [-0.3, -0.25) is 0 Å². The van der Waals surface area contributed by atoms with E-state index in [1.165, 1.54) is 32.1 Å². The first kappa shape index (κ1) is 13.8. The second-order valence-corrected chi connectivity index (χ2v) is 5.54. The van der Waals surface area contributed by atoms with Gasteiger partial charge in [-0.2, -0.15) is 0 Å². The molecule has 1 fully saturated rings. The molecule has 0 amide bonds. The predicted molar refractivity (Wildman–Crippen MR) is 69.5 cm³/mol. The van der Waals surface area contributed by atoms with Gasteiger partial charge in [0, 0.05) is 11.1 Å². The van der Waals surface area contributed by atoms with Crippen LogP contribution in [0.1, 0.15) is 50.1 Å². The van der Waals surface area contributed by atoms with Gasteiger partial charge < -0.3 is 5.73 Å². The molecule has 1 unspecified atom stereocenters. The zero-order valence-electron chi connectivity index (χ0n) is 10.3. The third kappa shape index (κ3) is 3.21. The van der Waals surface area contributed by atoms with Gasteiger partial charge in [0.15, 0.2) is 11.6 Å². The molecule has 1 nitrogen and oxygen atoms in total. The molecule has 18 heavy (non-hydrogen) atoms. The van der Waals surface area contributed by atoms with Crippen molar-refractivity contribution < 1.29 is 8.78 Å². The van der Waals surface area contributed by atoms with Crippen molar-refractivity contribution in [3.05, 3.63) is 34.4 Å². The van der Waals surface area contributed by atoms with E-state index in [1.807, 2.05) is 0 Å². The molecule has 2 N–H and O–H groups in total. The first-order valence-electron chi connectivity index (χ1n) is 6.48. The molecule has 0 spiro atoms. The first-order chi connectivity index (χ1) is 8.58. The third-order valence-corrected chi connectivity index (χ3v) is 4.08. The van der Waals surface area contributed by atoms with Crippen LogP contribution in [0.25, 0.3) is 0 Å². The number of benzene rings is 1. The Kier molecular flexibility index (Phi) is 4.57. The summed E-state index contributed by atoms with van der Waals surface area (Å²) in [6.45, 7) is 0. The van der Waals surface area contributed by atoms with E-state index in [4.69, 9.17) is 17.3 Å². The van der Waals surface area contributed by atoms with Crippen LogP contribution in [0.4, 0.5) is 8.78 Å². The summed E-state index contributed by atoms with van der Waals surface area (Å²) in [7, 11) is 0. The van der Waals surface area contributed by atoms with Crippen LogP contribution in [0.15, 0.2) is 12.1 Å². The van der Waals surface area contributed by atoms with Gasteiger partial charge in [-0.05, 0) is 30.0 Å². The van der Waals surface area contributed by atoms with Gasteiger partial charge in [0.1, 0.15) is 0 Å². The topological polar surface area (TPSA) is 26.0 Å². The molecule has 1 aromatic carbocycles. The van der Waals surface area contributed by atoms with E-state index in [0.29, 0.717) is 11.5 Å². The van der Waals surface area contributed by atoms with Crippen LogP contribution in [0, 0.1) is 17.6 Å². The molecule has 1 aliphatic rings. The van der Waals surface area contributed by atoms with E-state index < -0.39 is 11.6 Å². The lowest BCUT2D eigenvalue weighted by Crippen LogP contribution is -2.18. The van der Waals surface area contributed by atoms with Crippen LogP contribution in [-0.4, -0.2) is 0 Å². The Morgan fingerprint density at radius 3 is 2.44 bits per heavy atom. The summed E-state index contributed by atoms with van der Waals surface area (Å²) in [6.07, 6.45) is 6.91. The Bertz CT molecular complexity index is 417. The van der Waals surface area contributed by atoms with Gasteiger partial charge in [0.2, 0.25) is 0 Å². The lowest BCUT2D eigenvalue weighted by atomic mass is 9.83. The van der Waals surface area contributed by atoms with Crippen molar-refractivity contribution >= 4 is 11.6 Å². The molecule has 100 valence electrons. The predicted octanol–water partition coefficient (Wildman–Crippen LogP) is 4.59. The van der Waals surface area contributed by atoms with Crippen molar-refractivity contribution in [2.45, 2.75) is 44.6 Å². The molecule has 2 rings (SSSR count). The fourth-order valence-corrected chi connectivity index (χ4v) is 3.02. The smallest absolute Gasteiger partial charge is 0.160 e. The average Bonchev–Trinajstić information content (AvgIpc) is 2.35. The van der Waals surface area contributed by atoms with E-state index in [1.54, 1.807) is 0 Å². The highest BCUT2D eigenvalue weighted by molar-refractivity contribution is 6.31. The van der Waals surface area contributed by atoms with E-state index >= 15 is 0 Å². The molecule has 1 aliphatic carbocycles. The summed E-state index contributed by atoms with van der Waals surface area (Å²) in [4.78, 5) is 0. The number of halogens is 3. The maximum Gasteiger partial charge on any atom is 0.160 e. The van der Waals surface area contributed by atoms with Crippen LogP contribution in [0.3, 0.4) is 0 Å². The van der Waals surface area contributed by atoms with Gasteiger partial charge in [0.25, 0.3) is 0 Å². The Morgan fingerprint density at radius 2 is 1.78 bits per heavy atom. The number of hydrogen-bond acceptors (Lipinski definition) is 1. The summed E-state index contributed by atoms with van der Waals surface area (Å²) in [5.41, 5.74) is 6.59. The third-order valence-electron chi connectivity index (χ3n) is 3.75. The van der Waals surface area contributed by atoms with Crippen molar-refractivity contribution in [3.8, 4) is 0 Å². The number of nitrogens with two attached hydrogens (primary N) is 1. The van der Waals surface area contributed by atoms with Gasteiger partial charge >= 0.3 is 0 Å². The summed E-state index contributed by atoms with van der Waals surface area (Å²) in [6, 6.07) is 1.83. The highest BCUT2D eigenvalue weighted by atomic mass is 35.5. The zero-order valence-corrected chi connectivity index (χ0v) is 11.0. The largest absolute Gasteiger partial charge is 0.324 e. The molecule has 0 heterocycles. The Labute approximate surface area is 111 Å².